The van der Waals surface area contributed by atoms with Crippen molar-refractivity contribution < 1.29 is 19.4 Å². The number of hydrogen-bond donors (Lipinski definition) is 1. The standard InChI is InChI=1S/C34H55NO2.C34H53NO2/c2*1-6-7-8-9-10-17-35-21-22(2)18-31-32(35)24(4)34(37-31)16-14-27-28-12-11-25-19-26(36)13-15-33(25,5)30(28)20-29(27)23(34)3/h11,22,24,26-28,30-32,36H,6-10,12-21H2,1-5H3;11,22,24,27-28,30-32H,6-10,12-21H2,1-5H3/t22-,24+,26-,27-,28-,30-,31+,32?,33-,34-;22-,24+,27-,28-,30-,31+,32?,33-,34-/m00/s1. The molecule has 19 atom stereocenters. The number of rotatable bonds is 12. The van der Waals surface area contributed by atoms with E-state index in [9.17, 15) is 9.90 Å². The maximum absolute atomic E-state index is 12.3. The van der Waals surface area contributed by atoms with Gasteiger partial charge in [-0.05, 0) is 199 Å². The van der Waals surface area contributed by atoms with Gasteiger partial charge in [0.15, 0.2) is 0 Å². The van der Waals surface area contributed by atoms with Crippen LogP contribution >= 0.6 is 0 Å². The van der Waals surface area contributed by atoms with Gasteiger partial charge >= 0.3 is 0 Å². The molecule has 4 saturated carbocycles. The third-order valence-corrected chi connectivity index (χ3v) is 25.2. The molecule has 0 amide bonds. The summed E-state index contributed by atoms with van der Waals surface area (Å²) in [6.45, 7) is 29.7. The first-order chi connectivity index (χ1) is 35.6. The summed E-state index contributed by atoms with van der Waals surface area (Å²) in [5.41, 5.74) is 10.4. The predicted molar refractivity (Wildman–Crippen MR) is 304 cm³/mol. The van der Waals surface area contributed by atoms with Crippen LogP contribution < -0.4 is 0 Å². The van der Waals surface area contributed by atoms with E-state index in [1.165, 1.54) is 167 Å². The molecule has 4 heterocycles. The fourth-order valence-electron chi connectivity index (χ4n) is 21.1. The van der Waals surface area contributed by atoms with Crippen molar-refractivity contribution in [3.63, 3.8) is 0 Å². The normalized spacial score (nSPS) is 46.5. The molecule has 0 bridgehead atoms. The Morgan fingerprint density at radius 1 is 0.608 bits per heavy atom. The van der Waals surface area contributed by atoms with Crippen molar-refractivity contribution in [2.75, 3.05) is 26.2 Å². The summed E-state index contributed by atoms with van der Waals surface area (Å²) in [4.78, 5) is 18.0. The molecule has 2 spiro atoms. The number of carbonyl (C=O) groups excluding carboxylic acids is 1. The molecule has 0 aromatic rings. The Kier molecular flexibility index (Phi) is 15.8. The maximum atomic E-state index is 12.3. The first kappa shape index (κ1) is 54.4. The first-order valence-corrected chi connectivity index (χ1v) is 32.4. The first-order valence-electron chi connectivity index (χ1n) is 32.4. The fraction of sp³-hybridized carbons (Fsp3) is 0.868. The number of ether oxygens (including phenoxy) is 2. The molecule has 12 aliphatic rings. The van der Waals surface area contributed by atoms with Crippen molar-refractivity contribution in [3.05, 3.63) is 45.6 Å². The van der Waals surface area contributed by atoms with Gasteiger partial charge in [-0.25, -0.2) is 0 Å². The highest BCUT2D eigenvalue weighted by Gasteiger charge is 2.64. The number of allylic oxidation sites excluding steroid dienone is 5. The zero-order valence-electron chi connectivity index (χ0n) is 49.1. The lowest BCUT2D eigenvalue weighted by molar-refractivity contribution is -0.121. The van der Waals surface area contributed by atoms with Crippen LogP contribution in [0.15, 0.2) is 45.6 Å². The van der Waals surface area contributed by atoms with Crippen molar-refractivity contribution in [2.24, 2.45) is 70.0 Å². The minimum Gasteiger partial charge on any atom is -0.393 e. The minimum absolute atomic E-state index is 0.0287. The van der Waals surface area contributed by atoms with Gasteiger partial charge in [-0.3, -0.25) is 14.6 Å². The van der Waals surface area contributed by atoms with Crippen molar-refractivity contribution in [2.45, 2.75) is 278 Å². The third kappa shape index (κ3) is 9.17. The molecule has 414 valence electrons. The summed E-state index contributed by atoms with van der Waals surface area (Å²) in [6.07, 6.45) is 37.6. The summed E-state index contributed by atoms with van der Waals surface area (Å²) in [7, 11) is 0. The average Bonchev–Trinajstić information content (AvgIpc) is 4.11. The monoisotopic (exact) mass is 1020 g/mol. The number of fused-ring (bicyclic) bond motifs is 12. The van der Waals surface area contributed by atoms with Gasteiger partial charge in [-0.1, -0.05) is 141 Å². The SMILES string of the molecule is CCCCCCCN1C[C@@H](C)C[C@H]2O[C@]3(CC[C@@H]4C(=C3C)C[C@H]3[C@H]4CC=C4CC(=O)CC[C@@]43C)[C@H](C)C21.CCCCCCCN1C[C@@H](C)C[C@H]2O[C@]3(CC[C@@H]4C(=C3C)C[C@H]3[C@H]4CC=C4C[C@@H](O)CC[C@@]43C)[C@H](C)C21. The van der Waals surface area contributed by atoms with Crippen LogP contribution in [0, 0.1) is 70.0 Å². The number of unbranched alkanes of at least 4 members (excludes halogenated alkanes) is 8. The van der Waals surface area contributed by atoms with E-state index in [1.807, 2.05) is 0 Å². The topological polar surface area (TPSA) is 62.2 Å². The number of piperidine rings is 2. The van der Waals surface area contributed by atoms with E-state index in [-0.39, 0.29) is 22.7 Å². The van der Waals surface area contributed by atoms with Crippen LogP contribution in [0.4, 0.5) is 0 Å². The molecule has 4 saturated heterocycles. The molecule has 8 fully saturated rings. The molecule has 74 heavy (non-hydrogen) atoms. The molecule has 1 N–H and O–H groups in total. The quantitative estimate of drug-likeness (QED) is 0.155. The Morgan fingerprint density at radius 3 is 1.58 bits per heavy atom. The maximum Gasteiger partial charge on any atom is 0.136 e. The van der Waals surface area contributed by atoms with Gasteiger partial charge in [0.1, 0.15) is 5.78 Å². The molecule has 0 radical (unpaired) electrons. The molecular formula is C68H108N2O4. The Bertz CT molecular complexity index is 2190. The number of ketones is 1. The van der Waals surface area contributed by atoms with E-state index >= 15 is 0 Å². The van der Waals surface area contributed by atoms with Crippen LogP contribution in [-0.4, -0.2) is 88.5 Å². The highest BCUT2D eigenvalue weighted by Crippen LogP contribution is 2.67. The van der Waals surface area contributed by atoms with Crippen molar-refractivity contribution in [1.29, 1.82) is 0 Å². The van der Waals surface area contributed by atoms with Crippen LogP contribution in [0.1, 0.15) is 236 Å². The van der Waals surface area contributed by atoms with Crippen LogP contribution in [0.25, 0.3) is 0 Å². The number of aliphatic hydroxyl groups excluding tert-OH is 1. The molecular weight excluding hydrogens is 909 g/mol. The highest BCUT2D eigenvalue weighted by atomic mass is 16.5. The van der Waals surface area contributed by atoms with E-state index in [2.05, 4.69) is 91.2 Å². The van der Waals surface area contributed by atoms with Gasteiger partial charge in [0.2, 0.25) is 0 Å². The lowest BCUT2D eigenvalue weighted by atomic mass is 9.56. The second-order valence-corrected chi connectivity index (χ2v) is 29.1. The summed E-state index contributed by atoms with van der Waals surface area (Å²) >= 11 is 0. The average molecular weight is 1020 g/mol. The Balaban J connectivity index is 0.000000159. The zero-order valence-corrected chi connectivity index (χ0v) is 49.1. The van der Waals surface area contributed by atoms with Crippen LogP contribution in [0.5, 0.6) is 0 Å². The smallest absolute Gasteiger partial charge is 0.136 e. The van der Waals surface area contributed by atoms with Crippen molar-refractivity contribution in [3.8, 4) is 0 Å². The molecule has 0 aromatic carbocycles. The van der Waals surface area contributed by atoms with Crippen LogP contribution in [0.3, 0.4) is 0 Å². The largest absolute Gasteiger partial charge is 0.393 e. The molecule has 12 rings (SSSR count). The van der Waals surface area contributed by atoms with E-state index in [0.717, 1.165) is 79.4 Å². The molecule has 0 aromatic heterocycles. The molecule has 6 nitrogen and oxygen atoms in total. The molecule has 6 heteroatoms. The summed E-state index contributed by atoms with van der Waals surface area (Å²) < 4.78 is 14.6. The van der Waals surface area contributed by atoms with Crippen LogP contribution in [0.2, 0.25) is 0 Å². The number of nitrogens with zero attached hydrogens (tertiary/aromatic N) is 2. The number of likely N-dealkylation sites (tertiary alicyclic amines) is 2. The van der Waals surface area contributed by atoms with Gasteiger partial charge in [-0.2, -0.15) is 0 Å². The van der Waals surface area contributed by atoms with Gasteiger partial charge in [0.25, 0.3) is 0 Å². The fourth-order valence-corrected chi connectivity index (χ4v) is 21.1. The van der Waals surface area contributed by atoms with Gasteiger partial charge < -0.3 is 14.6 Å². The molecule has 4 aliphatic heterocycles. The van der Waals surface area contributed by atoms with Crippen molar-refractivity contribution in [1.82, 2.24) is 9.80 Å². The lowest BCUT2D eigenvalue weighted by Crippen LogP contribution is -2.52. The number of aliphatic hydroxyl groups is 1. The van der Waals surface area contributed by atoms with Gasteiger partial charge in [-0.15, -0.1) is 0 Å². The summed E-state index contributed by atoms with van der Waals surface area (Å²) in [6, 6.07) is 1.19. The Morgan fingerprint density at radius 2 is 1.08 bits per heavy atom. The van der Waals surface area contributed by atoms with Crippen LogP contribution in [-0.2, 0) is 14.3 Å². The highest BCUT2D eigenvalue weighted by molar-refractivity contribution is 5.82. The Labute approximate surface area is 452 Å². The van der Waals surface area contributed by atoms with E-state index in [1.54, 1.807) is 27.9 Å². The molecule has 8 aliphatic carbocycles. The van der Waals surface area contributed by atoms with Crippen molar-refractivity contribution >= 4 is 5.78 Å². The number of Topliss-reactive ketones (excluding diaryl/α,β-unsaturated/α-hetero) is 1. The second-order valence-electron chi connectivity index (χ2n) is 29.1. The minimum atomic E-state index is -0.114. The lowest BCUT2D eigenvalue weighted by Gasteiger charge is -2.49. The molecule has 2 unspecified atom stereocenters. The third-order valence-electron chi connectivity index (χ3n) is 25.2. The predicted octanol–water partition coefficient (Wildman–Crippen LogP) is 15.6. The number of carbonyl (C=O) groups is 1. The summed E-state index contributed by atoms with van der Waals surface area (Å²) in [5, 5.41) is 10.4. The Hall–Kier alpha value is -1.57. The second kappa shape index (κ2) is 21.5. The van der Waals surface area contributed by atoms with E-state index in [0.29, 0.717) is 47.3 Å². The zero-order chi connectivity index (χ0) is 51.9. The van der Waals surface area contributed by atoms with E-state index < -0.39 is 0 Å². The van der Waals surface area contributed by atoms with E-state index in [4.69, 9.17) is 9.47 Å². The van der Waals surface area contributed by atoms with Gasteiger partial charge in [0, 0.05) is 49.9 Å². The summed E-state index contributed by atoms with van der Waals surface area (Å²) in [5.74, 6) is 7.70. The number of hydrogen-bond acceptors (Lipinski definition) is 6. The van der Waals surface area contributed by atoms with Gasteiger partial charge in [0.05, 0.1) is 29.5 Å².